The van der Waals surface area contributed by atoms with Gasteiger partial charge in [-0.05, 0) is 59.3 Å². The zero-order valence-electron chi connectivity index (χ0n) is 15.9. The van der Waals surface area contributed by atoms with Gasteiger partial charge < -0.3 is 9.47 Å². The van der Waals surface area contributed by atoms with Gasteiger partial charge in [-0.25, -0.2) is 0 Å². The third kappa shape index (κ3) is 8.17. The summed E-state index contributed by atoms with van der Waals surface area (Å²) in [5.41, 5.74) is 2.60. The molecule has 0 aliphatic heterocycles. The second kappa shape index (κ2) is 9.57. The van der Waals surface area contributed by atoms with Gasteiger partial charge in [-0.15, -0.1) is 11.6 Å². The van der Waals surface area contributed by atoms with Crippen LogP contribution in [0.3, 0.4) is 0 Å². The van der Waals surface area contributed by atoms with E-state index in [0.717, 1.165) is 6.42 Å². The lowest BCUT2D eigenvalue weighted by Crippen LogP contribution is -2.46. The first-order chi connectivity index (χ1) is 10.6. The minimum Gasteiger partial charge on any atom is -0.374 e. The minimum absolute atomic E-state index is 0.0837. The Bertz CT molecular complexity index is 326. The molecule has 0 bridgehead atoms. The van der Waals surface area contributed by atoms with Crippen LogP contribution in [0.5, 0.6) is 0 Å². The summed E-state index contributed by atoms with van der Waals surface area (Å²) in [4.78, 5) is 5.59. The van der Waals surface area contributed by atoms with Crippen LogP contribution in [0.25, 0.3) is 0 Å². The Balaban J connectivity index is 2.32. The van der Waals surface area contributed by atoms with Crippen LogP contribution in [-0.2, 0) is 14.3 Å². The van der Waals surface area contributed by atoms with Gasteiger partial charge in [-0.3, -0.25) is 4.84 Å². The minimum atomic E-state index is -0.373. The number of rotatable bonds is 9. The molecular weight excluding hydrogens is 314 g/mol. The van der Waals surface area contributed by atoms with Crippen LogP contribution in [0.1, 0.15) is 61.3 Å². The Morgan fingerprint density at radius 3 is 2.39 bits per heavy atom. The summed E-state index contributed by atoms with van der Waals surface area (Å²) in [7, 11) is 0. The predicted molar refractivity (Wildman–Crippen MR) is 95.8 cm³/mol. The second-order valence-electron chi connectivity index (χ2n) is 8.04. The van der Waals surface area contributed by atoms with Gasteiger partial charge in [0.05, 0.1) is 35.9 Å². The lowest BCUT2D eigenvalue weighted by atomic mass is 9.80. The molecule has 1 N–H and O–H groups in total. The van der Waals surface area contributed by atoms with Gasteiger partial charge in [0.2, 0.25) is 0 Å². The first-order valence-electron chi connectivity index (χ1n) is 8.92. The third-order valence-electron chi connectivity index (χ3n) is 4.17. The van der Waals surface area contributed by atoms with Gasteiger partial charge >= 0.3 is 0 Å². The largest absolute Gasteiger partial charge is 0.374 e. The highest BCUT2D eigenvalue weighted by atomic mass is 35.5. The maximum absolute atomic E-state index is 6.53. The topological polar surface area (TPSA) is 39.7 Å². The maximum atomic E-state index is 6.53. The average Bonchev–Trinajstić information content (AvgIpc) is 2.38. The molecule has 23 heavy (non-hydrogen) atoms. The van der Waals surface area contributed by atoms with Gasteiger partial charge in [0.1, 0.15) is 0 Å². The van der Waals surface area contributed by atoms with E-state index in [4.69, 9.17) is 25.9 Å². The van der Waals surface area contributed by atoms with Crippen LogP contribution < -0.4 is 5.48 Å². The van der Waals surface area contributed by atoms with Gasteiger partial charge in [-0.2, -0.15) is 5.48 Å². The van der Waals surface area contributed by atoms with E-state index in [9.17, 15) is 0 Å². The Morgan fingerprint density at radius 2 is 1.83 bits per heavy atom. The van der Waals surface area contributed by atoms with E-state index in [1.165, 1.54) is 6.42 Å². The van der Waals surface area contributed by atoms with Gasteiger partial charge in [0.15, 0.2) is 0 Å². The number of nitrogens with one attached hydrogen (secondary N) is 1. The lowest BCUT2D eigenvalue weighted by Gasteiger charge is -2.41. The molecule has 0 radical (unpaired) electrons. The molecule has 5 heteroatoms. The monoisotopic (exact) mass is 349 g/mol. The third-order valence-corrected chi connectivity index (χ3v) is 4.60. The van der Waals surface area contributed by atoms with Crippen molar-refractivity contribution in [3.05, 3.63) is 0 Å². The van der Waals surface area contributed by atoms with Gasteiger partial charge in [0, 0.05) is 6.54 Å². The predicted octanol–water partition coefficient (Wildman–Crippen LogP) is 4.16. The van der Waals surface area contributed by atoms with Crippen molar-refractivity contribution in [2.24, 2.45) is 11.8 Å². The van der Waals surface area contributed by atoms with Crippen LogP contribution in [0.4, 0.5) is 0 Å². The quantitative estimate of drug-likeness (QED) is 0.385. The molecule has 1 fully saturated rings. The van der Waals surface area contributed by atoms with E-state index in [2.05, 4.69) is 33.2 Å². The van der Waals surface area contributed by atoms with E-state index in [1.807, 2.05) is 20.8 Å². The molecule has 4 nitrogen and oxygen atoms in total. The Hall–Kier alpha value is 0.130. The van der Waals surface area contributed by atoms with Crippen molar-refractivity contribution in [2.45, 2.75) is 90.6 Å². The Kier molecular flexibility index (Phi) is 8.81. The summed E-state index contributed by atoms with van der Waals surface area (Å²) in [5, 5.41) is 0.0837. The first-order valence-corrected chi connectivity index (χ1v) is 9.36. The average molecular weight is 350 g/mol. The zero-order valence-corrected chi connectivity index (χ0v) is 16.7. The summed E-state index contributed by atoms with van der Waals surface area (Å²) in [5.74, 6) is 1.16. The van der Waals surface area contributed by atoms with Crippen LogP contribution >= 0.6 is 11.6 Å². The highest BCUT2D eigenvalue weighted by Gasteiger charge is 2.37. The number of alkyl halides is 1. The standard InChI is InChI=1S/C18H36ClNO3/c1-12(2)22-15(5)10-20-21-11-18(6,7)23-17-14(4)8-13(3)9-16(17)19/h12-17,20H,8-11H2,1-7H3. The molecular formula is C18H36ClNO3. The number of ether oxygens (including phenoxy) is 2. The Morgan fingerprint density at radius 1 is 1.17 bits per heavy atom. The molecule has 0 aromatic heterocycles. The molecule has 0 spiro atoms. The fourth-order valence-corrected chi connectivity index (χ4v) is 3.85. The van der Waals surface area contributed by atoms with E-state index in [0.29, 0.717) is 25.0 Å². The molecule has 5 atom stereocenters. The van der Waals surface area contributed by atoms with Gasteiger partial charge in [0.25, 0.3) is 0 Å². The number of halogens is 1. The van der Waals surface area contributed by atoms with Crippen LogP contribution in [0.15, 0.2) is 0 Å². The maximum Gasteiger partial charge on any atom is 0.0967 e. The Labute approximate surface area is 147 Å². The van der Waals surface area contributed by atoms with E-state index in [-0.39, 0.29) is 29.3 Å². The zero-order chi connectivity index (χ0) is 17.6. The van der Waals surface area contributed by atoms with Crippen LogP contribution in [0, 0.1) is 11.8 Å². The number of hydroxylamine groups is 1. The summed E-state index contributed by atoms with van der Waals surface area (Å²) in [6.45, 7) is 15.8. The van der Waals surface area contributed by atoms with Gasteiger partial charge in [-0.1, -0.05) is 13.8 Å². The molecule has 1 aliphatic carbocycles. The first kappa shape index (κ1) is 21.2. The van der Waals surface area contributed by atoms with E-state index < -0.39 is 0 Å². The molecule has 0 aromatic carbocycles. The van der Waals surface area contributed by atoms with Crippen molar-refractivity contribution >= 4 is 11.6 Å². The van der Waals surface area contributed by atoms with Crippen molar-refractivity contribution < 1.29 is 14.3 Å². The molecule has 138 valence electrons. The van der Waals surface area contributed by atoms with Crippen LogP contribution in [0.2, 0.25) is 0 Å². The molecule has 0 aromatic rings. The highest BCUT2D eigenvalue weighted by Crippen LogP contribution is 2.36. The summed E-state index contributed by atoms with van der Waals surface area (Å²) in [6.07, 6.45) is 2.63. The number of hydrogen-bond donors (Lipinski definition) is 1. The van der Waals surface area contributed by atoms with Crippen molar-refractivity contribution in [3.63, 3.8) is 0 Å². The molecule has 5 unspecified atom stereocenters. The van der Waals surface area contributed by atoms with E-state index in [1.54, 1.807) is 0 Å². The molecule has 0 saturated heterocycles. The normalized spacial score (nSPS) is 30.7. The summed E-state index contributed by atoms with van der Waals surface area (Å²) >= 11 is 6.53. The van der Waals surface area contributed by atoms with Crippen molar-refractivity contribution in [2.75, 3.05) is 13.2 Å². The fraction of sp³-hybridized carbons (Fsp3) is 1.00. The summed E-state index contributed by atoms with van der Waals surface area (Å²) < 4.78 is 11.9. The van der Waals surface area contributed by atoms with E-state index >= 15 is 0 Å². The highest BCUT2D eigenvalue weighted by molar-refractivity contribution is 6.21. The smallest absolute Gasteiger partial charge is 0.0967 e. The molecule has 1 rings (SSSR count). The van der Waals surface area contributed by atoms with Crippen molar-refractivity contribution in [3.8, 4) is 0 Å². The number of hydrogen-bond acceptors (Lipinski definition) is 4. The van der Waals surface area contributed by atoms with Crippen molar-refractivity contribution in [1.82, 2.24) is 5.48 Å². The molecule has 1 saturated carbocycles. The molecule has 0 heterocycles. The fourth-order valence-electron chi connectivity index (χ4n) is 3.25. The molecule has 0 amide bonds. The van der Waals surface area contributed by atoms with Crippen molar-refractivity contribution in [1.29, 1.82) is 0 Å². The van der Waals surface area contributed by atoms with Crippen LogP contribution in [-0.4, -0.2) is 42.4 Å². The SMILES string of the molecule is CC1CC(C)C(OC(C)(C)CONCC(C)OC(C)C)C(Cl)C1. The second-order valence-corrected chi connectivity index (χ2v) is 8.61. The lowest BCUT2D eigenvalue weighted by molar-refractivity contribution is -0.153. The summed E-state index contributed by atoms with van der Waals surface area (Å²) in [6, 6.07) is 0. The molecule has 1 aliphatic rings.